The molecule has 5 heteroatoms. The summed E-state index contributed by atoms with van der Waals surface area (Å²) in [6.45, 7) is 1.31. The highest BCUT2D eigenvalue weighted by Gasteiger charge is 2.06. The van der Waals surface area contributed by atoms with E-state index in [1.54, 1.807) is 0 Å². The number of nitrogens with two attached hydrogens (primary N) is 1. The van der Waals surface area contributed by atoms with Gasteiger partial charge in [-0.1, -0.05) is 12.1 Å². The van der Waals surface area contributed by atoms with E-state index in [1.165, 1.54) is 25.1 Å². The van der Waals surface area contributed by atoms with E-state index in [2.05, 4.69) is 5.73 Å². The first-order valence-corrected chi connectivity index (χ1v) is 3.69. The van der Waals surface area contributed by atoms with Crippen LogP contribution in [0.1, 0.15) is 17.3 Å². The fourth-order valence-corrected chi connectivity index (χ4v) is 0.635. The number of benzene rings is 1. The van der Waals surface area contributed by atoms with Gasteiger partial charge in [0.2, 0.25) is 5.91 Å². The number of halogens is 1. The van der Waals surface area contributed by atoms with Gasteiger partial charge in [-0.3, -0.25) is 4.79 Å². The zero-order valence-corrected chi connectivity index (χ0v) is 7.53. The van der Waals surface area contributed by atoms with Gasteiger partial charge in [0.25, 0.3) is 0 Å². The first-order valence-electron chi connectivity index (χ1n) is 3.69. The highest BCUT2D eigenvalue weighted by molar-refractivity contribution is 5.87. The zero-order chi connectivity index (χ0) is 11.1. The van der Waals surface area contributed by atoms with E-state index in [-0.39, 0.29) is 11.5 Å². The molecular formula is C9H10FNO3. The molecule has 4 nitrogen and oxygen atoms in total. The average molecular weight is 199 g/mol. The van der Waals surface area contributed by atoms with Gasteiger partial charge in [0, 0.05) is 6.92 Å². The number of aromatic carboxylic acids is 1. The Hall–Kier alpha value is -1.91. The normalized spacial score (nSPS) is 8.43. The van der Waals surface area contributed by atoms with Crippen LogP contribution in [0.25, 0.3) is 0 Å². The van der Waals surface area contributed by atoms with Crippen LogP contribution in [-0.4, -0.2) is 17.0 Å². The lowest BCUT2D eigenvalue weighted by Gasteiger charge is -1.92. The molecule has 0 aromatic heterocycles. The highest BCUT2D eigenvalue weighted by atomic mass is 19.1. The molecule has 1 rings (SSSR count). The number of carbonyl (C=O) groups is 2. The molecule has 0 heterocycles. The van der Waals surface area contributed by atoms with Crippen LogP contribution < -0.4 is 5.73 Å². The van der Waals surface area contributed by atoms with Crippen LogP contribution in [0.2, 0.25) is 0 Å². The topological polar surface area (TPSA) is 80.4 Å². The van der Waals surface area contributed by atoms with Crippen molar-refractivity contribution in [1.29, 1.82) is 0 Å². The lowest BCUT2D eigenvalue weighted by molar-refractivity contribution is -0.115. The summed E-state index contributed by atoms with van der Waals surface area (Å²) in [6.07, 6.45) is 0. The van der Waals surface area contributed by atoms with E-state index in [0.717, 1.165) is 6.07 Å². The predicted molar refractivity (Wildman–Crippen MR) is 48.2 cm³/mol. The Kier molecular flexibility index (Phi) is 4.91. The minimum absolute atomic E-state index is 0.289. The Labute approximate surface area is 80.2 Å². The number of hydrogen-bond donors (Lipinski definition) is 2. The molecule has 14 heavy (non-hydrogen) atoms. The van der Waals surface area contributed by atoms with E-state index in [9.17, 15) is 14.0 Å². The van der Waals surface area contributed by atoms with Gasteiger partial charge in [-0.25, -0.2) is 9.18 Å². The van der Waals surface area contributed by atoms with Crippen molar-refractivity contribution in [3.05, 3.63) is 35.6 Å². The van der Waals surface area contributed by atoms with E-state index >= 15 is 0 Å². The van der Waals surface area contributed by atoms with Crippen LogP contribution in [0.15, 0.2) is 24.3 Å². The van der Waals surface area contributed by atoms with Gasteiger partial charge >= 0.3 is 5.97 Å². The number of carboxylic acids is 1. The van der Waals surface area contributed by atoms with Gasteiger partial charge in [0.15, 0.2) is 0 Å². The molecule has 0 saturated carbocycles. The molecule has 0 aliphatic carbocycles. The molecule has 0 atom stereocenters. The molecule has 0 saturated heterocycles. The monoisotopic (exact) mass is 199 g/mol. The molecule has 0 fully saturated rings. The largest absolute Gasteiger partial charge is 0.478 e. The molecule has 0 bridgehead atoms. The van der Waals surface area contributed by atoms with Gasteiger partial charge in [-0.2, -0.15) is 0 Å². The van der Waals surface area contributed by atoms with Crippen molar-refractivity contribution in [3.63, 3.8) is 0 Å². The lowest BCUT2D eigenvalue weighted by Crippen LogP contribution is -2.01. The first-order chi connectivity index (χ1) is 6.45. The van der Waals surface area contributed by atoms with Crippen molar-refractivity contribution in [2.45, 2.75) is 6.92 Å². The second-order valence-electron chi connectivity index (χ2n) is 2.40. The number of carbonyl (C=O) groups excluding carboxylic acids is 1. The number of carboxylic acid groups (broad SMARTS) is 1. The van der Waals surface area contributed by atoms with Crippen molar-refractivity contribution < 1.29 is 19.1 Å². The summed E-state index contributed by atoms with van der Waals surface area (Å²) >= 11 is 0. The first kappa shape index (κ1) is 12.1. The van der Waals surface area contributed by atoms with Crippen molar-refractivity contribution in [2.75, 3.05) is 0 Å². The molecular weight excluding hydrogens is 189 g/mol. The summed E-state index contributed by atoms with van der Waals surface area (Å²) in [5.41, 5.74) is 4.18. The fraction of sp³-hybridized carbons (Fsp3) is 0.111. The molecule has 0 radical (unpaired) electrons. The molecule has 0 aliphatic rings. The minimum atomic E-state index is -1.24. The summed E-state index contributed by atoms with van der Waals surface area (Å²) < 4.78 is 12.5. The number of amides is 1. The van der Waals surface area contributed by atoms with Crippen LogP contribution >= 0.6 is 0 Å². The minimum Gasteiger partial charge on any atom is -0.478 e. The fourth-order valence-electron chi connectivity index (χ4n) is 0.635. The summed E-state index contributed by atoms with van der Waals surface area (Å²) in [6, 6.07) is 5.26. The summed E-state index contributed by atoms with van der Waals surface area (Å²) in [5.74, 6) is -2.27. The van der Waals surface area contributed by atoms with Crippen molar-refractivity contribution in [3.8, 4) is 0 Å². The zero-order valence-electron chi connectivity index (χ0n) is 7.53. The van der Waals surface area contributed by atoms with Gasteiger partial charge in [0.1, 0.15) is 5.82 Å². The maximum Gasteiger partial charge on any atom is 0.338 e. The number of rotatable bonds is 1. The Morgan fingerprint density at radius 1 is 1.36 bits per heavy atom. The van der Waals surface area contributed by atoms with E-state index < -0.39 is 11.8 Å². The van der Waals surface area contributed by atoms with Gasteiger partial charge in [-0.05, 0) is 12.1 Å². The van der Waals surface area contributed by atoms with Crippen molar-refractivity contribution in [1.82, 2.24) is 0 Å². The third-order valence-electron chi connectivity index (χ3n) is 1.10. The Bertz CT molecular complexity index is 335. The van der Waals surface area contributed by atoms with Gasteiger partial charge in [-0.15, -0.1) is 0 Å². The van der Waals surface area contributed by atoms with E-state index in [1.807, 2.05) is 0 Å². The average Bonchev–Trinajstić information content (AvgIpc) is 2.03. The van der Waals surface area contributed by atoms with Crippen molar-refractivity contribution in [2.24, 2.45) is 5.73 Å². The predicted octanol–water partition coefficient (Wildman–Crippen LogP) is 1.02. The molecule has 3 N–H and O–H groups in total. The summed E-state index contributed by atoms with van der Waals surface area (Å²) in [7, 11) is 0. The number of hydrogen-bond acceptors (Lipinski definition) is 2. The Morgan fingerprint density at radius 2 is 1.79 bits per heavy atom. The smallest absolute Gasteiger partial charge is 0.338 e. The third kappa shape index (κ3) is 4.87. The summed E-state index contributed by atoms with van der Waals surface area (Å²) in [5, 5.41) is 8.33. The van der Waals surface area contributed by atoms with Crippen molar-refractivity contribution >= 4 is 11.9 Å². The number of primary amides is 1. The van der Waals surface area contributed by atoms with Gasteiger partial charge < -0.3 is 10.8 Å². The second kappa shape index (κ2) is 5.69. The standard InChI is InChI=1S/C7H5FO2.C2H5NO/c8-6-4-2-1-3-5(6)7(9)10;1-2(3)4/h1-4H,(H,9,10);1H3,(H2,3,4). The molecule has 1 amide bonds. The van der Waals surface area contributed by atoms with Crippen LogP contribution in [0, 0.1) is 5.82 Å². The molecule has 0 spiro atoms. The van der Waals surface area contributed by atoms with Crippen LogP contribution in [0.3, 0.4) is 0 Å². The van der Waals surface area contributed by atoms with Crippen LogP contribution in [0.4, 0.5) is 4.39 Å². The molecule has 0 aliphatic heterocycles. The van der Waals surface area contributed by atoms with Crippen LogP contribution in [-0.2, 0) is 4.79 Å². The van der Waals surface area contributed by atoms with Gasteiger partial charge in [0.05, 0.1) is 5.56 Å². The maximum absolute atomic E-state index is 12.5. The van der Waals surface area contributed by atoms with Crippen LogP contribution in [0.5, 0.6) is 0 Å². The summed E-state index contributed by atoms with van der Waals surface area (Å²) in [4.78, 5) is 19.4. The molecule has 76 valence electrons. The Balaban J connectivity index is 0.000000364. The Morgan fingerprint density at radius 3 is 2.07 bits per heavy atom. The third-order valence-corrected chi connectivity index (χ3v) is 1.10. The van der Waals surface area contributed by atoms with E-state index in [0.29, 0.717) is 0 Å². The quantitative estimate of drug-likeness (QED) is 0.708. The molecule has 1 aromatic rings. The second-order valence-corrected chi connectivity index (χ2v) is 2.40. The lowest BCUT2D eigenvalue weighted by atomic mass is 10.2. The maximum atomic E-state index is 12.5. The molecule has 1 aromatic carbocycles. The molecule has 0 unspecified atom stereocenters. The SMILES string of the molecule is CC(N)=O.O=C(O)c1ccccc1F. The highest BCUT2D eigenvalue weighted by Crippen LogP contribution is 2.04. The van der Waals surface area contributed by atoms with E-state index in [4.69, 9.17) is 5.11 Å².